The van der Waals surface area contributed by atoms with Crippen LogP contribution in [0.5, 0.6) is 11.5 Å². The lowest BCUT2D eigenvalue weighted by atomic mass is 10.2. The van der Waals surface area contributed by atoms with Crippen molar-refractivity contribution in [3.8, 4) is 11.5 Å². The Morgan fingerprint density at radius 2 is 1.79 bits per heavy atom. The van der Waals surface area contributed by atoms with Gasteiger partial charge < -0.3 is 14.2 Å². The van der Waals surface area contributed by atoms with Crippen molar-refractivity contribution in [2.75, 3.05) is 26.9 Å². The Labute approximate surface area is 192 Å². The molecule has 10 nitrogen and oxygen atoms in total. The Hall–Kier alpha value is -3.15. The van der Waals surface area contributed by atoms with Crippen LogP contribution in [0.1, 0.15) is 40.5 Å². The van der Waals surface area contributed by atoms with E-state index in [0.29, 0.717) is 24.7 Å². The SMILES string of the molecule is CCOc1ccc(C(=O)NNC(=O)c2cccc(S(=O)(=O)NCC3CCCO3)c2)cc1OC. The summed E-state index contributed by atoms with van der Waals surface area (Å²) in [6.07, 6.45) is 1.55. The van der Waals surface area contributed by atoms with E-state index >= 15 is 0 Å². The molecule has 1 aliphatic heterocycles. The monoisotopic (exact) mass is 477 g/mol. The van der Waals surface area contributed by atoms with Gasteiger partial charge in [0, 0.05) is 24.3 Å². The van der Waals surface area contributed by atoms with Gasteiger partial charge in [-0.2, -0.15) is 0 Å². The second kappa shape index (κ2) is 11.1. The first-order chi connectivity index (χ1) is 15.8. The Bertz CT molecular complexity index is 1100. The number of methoxy groups -OCH3 is 1. The normalized spacial score (nSPS) is 15.6. The third-order valence-electron chi connectivity index (χ3n) is 4.95. The summed E-state index contributed by atoms with van der Waals surface area (Å²) in [5, 5.41) is 0. The van der Waals surface area contributed by atoms with Crippen LogP contribution in [-0.2, 0) is 14.8 Å². The predicted molar refractivity (Wildman–Crippen MR) is 120 cm³/mol. The molecule has 1 unspecified atom stereocenters. The molecule has 0 bridgehead atoms. The summed E-state index contributed by atoms with van der Waals surface area (Å²) >= 11 is 0. The van der Waals surface area contributed by atoms with Gasteiger partial charge in [-0.1, -0.05) is 6.07 Å². The van der Waals surface area contributed by atoms with Gasteiger partial charge in [-0.3, -0.25) is 20.4 Å². The van der Waals surface area contributed by atoms with E-state index in [4.69, 9.17) is 14.2 Å². The van der Waals surface area contributed by atoms with Gasteiger partial charge >= 0.3 is 0 Å². The maximum absolute atomic E-state index is 12.6. The van der Waals surface area contributed by atoms with Crippen molar-refractivity contribution >= 4 is 21.8 Å². The van der Waals surface area contributed by atoms with Crippen LogP contribution in [0.3, 0.4) is 0 Å². The molecule has 1 saturated heterocycles. The number of carbonyl (C=O) groups is 2. The van der Waals surface area contributed by atoms with Crippen molar-refractivity contribution in [1.29, 1.82) is 0 Å². The van der Waals surface area contributed by atoms with E-state index in [1.807, 2.05) is 6.92 Å². The molecular formula is C22H27N3O7S. The molecule has 33 heavy (non-hydrogen) atoms. The van der Waals surface area contributed by atoms with Gasteiger partial charge in [0.2, 0.25) is 10.0 Å². The maximum Gasteiger partial charge on any atom is 0.269 e. The third-order valence-corrected chi connectivity index (χ3v) is 6.37. The van der Waals surface area contributed by atoms with E-state index < -0.39 is 21.8 Å². The van der Waals surface area contributed by atoms with Crippen molar-refractivity contribution < 1.29 is 32.2 Å². The van der Waals surface area contributed by atoms with Crippen molar-refractivity contribution in [1.82, 2.24) is 15.6 Å². The molecule has 0 aliphatic carbocycles. The summed E-state index contributed by atoms with van der Waals surface area (Å²) in [5.41, 5.74) is 4.90. The first kappa shape index (κ1) is 24.5. The van der Waals surface area contributed by atoms with Gasteiger partial charge in [-0.25, -0.2) is 13.1 Å². The minimum absolute atomic E-state index is 0.0595. The van der Waals surface area contributed by atoms with Crippen LogP contribution in [-0.4, -0.2) is 53.2 Å². The van der Waals surface area contributed by atoms with Crippen LogP contribution in [0.2, 0.25) is 0 Å². The number of rotatable bonds is 9. The summed E-state index contributed by atoms with van der Waals surface area (Å²) in [6, 6.07) is 10.1. The van der Waals surface area contributed by atoms with Gasteiger partial charge in [0.25, 0.3) is 11.8 Å². The lowest BCUT2D eigenvalue weighted by Gasteiger charge is -2.13. The highest BCUT2D eigenvalue weighted by Crippen LogP contribution is 2.28. The van der Waals surface area contributed by atoms with Crippen LogP contribution in [0.4, 0.5) is 0 Å². The number of sulfonamides is 1. The second-order valence-corrected chi connectivity index (χ2v) is 8.99. The molecule has 178 valence electrons. The Balaban J connectivity index is 1.62. The van der Waals surface area contributed by atoms with Crippen molar-refractivity contribution in [3.63, 3.8) is 0 Å². The fraction of sp³-hybridized carbons (Fsp3) is 0.364. The van der Waals surface area contributed by atoms with Gasteiger partial charge in [0.15, 0.2) is 11.5 Å². The van der Waals surface area contributed by atoms with Gasteiger partial charge in [0.1, 0.15) is 0 Å². The van der Waals surface area contributed by atoms with Gasteiger partial charge in [-0.15, -0.1) is 0 Å². The number of nitrogens with one attached hydrogen (secondary N) is 3. The lowest BCUT2D eigenvalue weighted by molar-refractivity contribution is 0.0846. The number of ether oxygens (including phenoxy) is 3. The molecule has 3 rings (SSSR count). The molecular weight excluding hydrogens is 450 g/mol. The third kappa shape index (κ3) is 6.44. The first-order valence-electron chi connectivity index (χ1n) is 10.5. The van der Waals surface area contributed by atoms with Crippen molar-refractivity contribution in [2.45, 2.75) is 30.8 Å². The highest BCUT2D eigenvalue weighted by molar-refractivity contribution is 7.89. The first-order valence-corrected chi connectivity index (χ1v) is 11.9. The zero-order valence-corrected chi connectivity index (χ0v) is 19.2. The Morgan fingerprint density at radius 1 is 1.06 bits per heavy atom. The minimum atomic E-state index is -3.82. The summed E-state index contributed by atoms with van der Waals surface area (Å²) in [4.78, 5) is 24.8. The summed E-state index contributed by atoms with van der Waals surface area (Å²) in [6.45, 7) is 3.06. The zero-order valence-electron chi connectivity index (χ0n) is 18.4. The molecule has 1 aliphatic rings. The molecule has 0 aromatic heterocycles. The second-order valence-electron chi connectivity index (χ2n) is 7.22. The van der Waals surface area contributed by atoms with Gasteiger partial charge in [-0.05, 0) is 56.2 Å². The number of carbonyl (C=O) groups excluding carboxylic acids is 2. The molecule has 0 radical (unpaired) electrons. The lowest BCUT2D eigenvalue weighted by Crippen LogP contribution is -2.41. The molecule has 11 heteroatoms. The fourth-order valence-electron chi connectivity index (χ4n) is 3.24. The predicted octanol–water partition coefficient (Wildman–Crippen LogP) is 1.63. The maximum atomic E-state index is 12.6. The zero-order chi connectivity index (χ0) is 23.8. The average Bonchev–Trinajstić information content (AvgIpc) is 3.35. The van der Waals surface area contributed by atoms with Gasteiger partial charge in [0.05, 0.1) is 24.7 Å². The smallest absolute Gasteiger partial charge is 0.269 e. The molecule has 1 atom stereocenters. The van der Waals surface area contributed by atoms with E-state index in [9.17, 15) is 18.0 Å². The molecule has 0 saturated carbocycles. The number of hydrogen-bond acceptors (Lipinski definition) is 7. The highest BCUT2D eigenvalue weighted by atomic mass is 32.2. The van der Waals surface area contributed by atoms with E-state index in [-0.39, 0.29) is 28.7 Å². The molecule has 2 amide bonds. The number of hydrazine groups is 1. The topological polar surface area (TPSA) is 132 Å². The van der Waals surface area contributed by atoms with Crippen LogP contribution in [0.25, 0.3) is 0 Å². The van der Waals surface area contributed by atoms with E-state index in [2.05, 4.69) is 15.6 Å². The highest BCUT2D eigenvalue weighted by Gasteiger charge is 2.21. The standard InChI is InChI=1S/C22H27N3O7S/c1-3-31-19-10-9-16(13-20(19)30-2)22(27)25-24-21(26)15-6-4-8-18(12-15)33(28,29)23-14-17-7-5-11-32-17/h4,6,8-10,12-13,17,23H,3,5,7,11,14H2,1-2H3,(H,24,26)(H,25,27). The van der Waals surface area contributed by atoms with Crippen molar-refractivity contribution in [3.05, 3.63) is 53.6 Å². The minimum Gasteiger partial charge on any atom is -0.493 e. The number of hydrogen-bond donors (Lipinski definition) is 3. The Kier molecular flexibility index (Phi) is 8.26. The van der Waals surface area contributed by atoms with E-state index in [1.165, 1.54) is 43.5 Å². The average molecular weight is 478 g/mol. The van der Waals surface area contributed by atoms with E-state index in [1.54, 1.807) is 6.07 Å². The summed E-state index contributed by atoms with van der Waals surface area (Å²) < 4.78 is 43.7. The summed E-state index contributed by atoms with van der Waals surface area (Å²) in [5.74, 6) is -0.375. The number of amides is 2. The van der Waals surface area contributed by atoms with Crippen LogP contribution < -0.4 is 25.0 Å². The molecule has 3 N–H and O–H groups in total. The van der Waals surface area contributed by atoms with Crippen LogP contribution in [0.15, 0.2) is 47.4 Å². The molecule has 2 aromatic rings. The van der Waals surface area contributed by atoms with Crippen molar-refractivity contribution in [2.24, 2.45) is 0 Å². The van der Waals surface area contributed by atoms with Crippen LogP contribution in [0, 0.1) is 0 Å². The molecule has 0 spiro atoms. The van der Waals surface area contributed by atoms with Crippen LogP contribution >= 0.6 is 0 Å². The number of benzene rings is 2. The molecule has 1 heterocycles. The fourth-order valence-corrected chi connectivity index (χ4v) is 4.35. The summed E-state index contributed by atoms with van der Waals surface area (Å²) in [7, 11) is -2.36. The Morgan fingerprint density at radius 3 is 2.42 bits per heavy atom. The largest absolute Gasteiger partial charge is 0.493 e. The quantitative estimate of drug-likeness (QED) is 0.468. The van der Waals surface area contributed by atoms with E-state index in [0.717, 1.165) is 12.8 Å². The molecule has 2 aromatic carbocycles. The molecule has 1 fully saturated rings.